The van der Waals surface area contributed by atoms with E-state index < -0.39 is 0 Å². The molecule has 112 valence electrons. The number of aliphatic hydroxyl groups is 1. The van der Waals surface area contributed by atoms with Crippen molar-refractivity contribution in [3.63, 3.8) is 0 Å². The van der Waals surface area contributed by atoms with Gasteiger partial charge >= 0.3 is 0 Å². The van der Waals surface area contributed by atoms with Crippen molar-refractivity contribution in [2.24, 2.45) is 0 Å². The van der Waals surface area contributed by atoms with Crippen LogP contribution in [0.15, 0.2) is 60.7 Å². The van der Waals surface area contributed by atoms with Gasteiger partial charge in [-0.05, 0) is 30.5 Å². The Kier molecular flexibility index (Phi) is 6.29. The van der Waals surface area contributed by atoms with Gasteiger partial charge in [0.2, 0.25) is 0 Å². The molecule has 2 nitrogen and oxygen atoms in total. The molecule has 0 aromatic heterocycles. The van der Waals surface area contributed by atoms with Crippen molar-refractivity contribution in [1.29, 1.82) is 0 Å². The minimum atomic E-state index is -0.258. The van der Waals surface area contributed by atoms with Gasteiger partial charge in [-0.1, -0.05) is 68.3 Å². The lowest BCUT2D eigenvalue weighted by atomic mass is 9.97. The lowest BCUT2D eigenvalue weighted by Crippen LogP contribution is -2.18. The fourth-order valence-electron chi connectivity index (χ4n) is 2.53. The average molecular weight is 283 g/mol. The molecular weight excluding hydrogens is 258 g/mol. The molecule has 2 heteroatoms. The molecule has 0 aliphatic heterocycles. The quantitative estimate of drug-likeness (QED) is 0.730. The lowest BCUT2D eigenvalue weighted by molar-refractivity contribution is 0.145. The van der Waals surface area contributed by atoms with Gasteiger partial charge in [0.25, 0.3) is 0 Å². The molecule has 2 rings (SSSR count). The summed E-state index contributed by atoms with van der Waals surface area (Å²) in [6, 6.07) is 20.7. The van der Waals surface area contributed by atoms with Crippen LogP contribution in [0.25, 0.3) is 0 Å². The number of nitrogens with one attached hydrogen (secondary N) is 1. The van der Waals surface area contributed by atoms with Crippen molar-refractivity contribution >= 4 is 5.69 Å². The Morgan fingerprint density at radius 1 is 0.952 bits per heavy atom. The van der Waals surface area contributed by atoms with Crippen molar-refractivity contribution in [2.75, 3.05) is 5.32 Å². The Morgan fingerprint density at radius 2 is 1.57 bits per heavy atom. The first-order valence-electron chi connectivity index (χ1n) is 7.84. The topological polar surface area (TPSA) is 32.3 Å². The molecule has 2 aromatic carbocycles. The predicted molar refractivity (Wildman–Crippen MR) is 89.4 cm³/mol. The molecule has 0 saturated heterocycles. The molecular formula is C19H25NO. The highest BCUT2D eigenvalue weighted by Crippen LogP contribution is 2.25. The fraction of sp³-hybridized carbons (Fsp3) is 0.368. The molecule has 0 aliphatic rings. The highest BCUT2D eigenvalue weighted by atomic mass is 16.3. The molecule has 2 atom stereocenters. The van der Waals surface area contributed by atoms with E-state index in [0.29, 0.717) is 0 Å². The first-order chi connectivity index (χ1) is 10.3. The lowest BCUT2D eigenvalue weighted by Gasteiger charge is -2.23. The summed E-state index contributed by atoms with van der Waals surface area (Å²) < 4.78 is 0. The van der Waals surface area contributed by atoms with E-state index in [-0.39, 0.29) is 12.1 Å². The Bertz CT molecular complexity index is 497. The Balaban J connectivity index is 2.07. The number of unbranched alkanes of at least 4 members (excludes halogenated alkanes) is 1. The van der Waals surface area contributed by atoms with Crippen molar-refractivity contribution in [2.45, 2.75) is 44.8 Å². The highest BCUT2D eigenvalue weighted by Gasteiger charge is 2.16. The van der Waals surface area contributed by atoms with Crippen LogP contribution < -0.4 is 5.32 Å². The first-order valence-corrected chi connectivity index (χ1v) is 7.84. The number of aliphatic hydroxyl groups excluding tert-OH is 1. The zero-order chi connectivity index (χ0) is 14.9. The molecule has 0 aliphatic carbocycles. The van der Waals surface area contributed by atoms with Crippen LogP contribution in [0.5, 0.6) is 0 Å². The van der Waals surface area contributed by atoms with Gasteiger partial charge in [0.05, 0.1) is 12.1 Å². The minimum Gasteiger partial charge on any atom is -0.393 e. The SMILES string of the molecule is CCCCC(O)CC(Nc1ccccc1)c1ccccc1. The Hall–Kier alpha value is -1.80. The molecule has 0 heterocycles. The molecule has 2 unspecified atom stereocenters. The van der Waals surface area contributed by atoms with E-state index in [1.54, 1.807) is 0 Å². The third-order valence-electron chi connectivity index (χ3n) is 3.72. The third-order valence-corrected chi connectivity index (χ3v) is 3.72. The van der Waals surface area contributed by atoms with Crippen LogP contribution in [0.3, 0.4) is 0 Å². The normalized spacial score (nSPS) is 13.6. The summed E-state index contributed by atoms with van der Waals surface area (Å²) in [6.45, 7) is 2.16. The van der Waals surface area contributed by atoms with Crippen LogP contribution in [0.2, 0.25) is 0 Å². The van der Waals surface area contributed by atoms with Gasteiger partial charge in [-0.3, -0.25) is 0 Å². The molecule has 0 radical (unpaired) electrons. The maximum absolute atomic E-state index is 10.3. The van der Waals surface area contributed by atoms with Crippen LogP contribution in [0.4, 0.5) is 5.69 Å². The van der Waals surface area contributed by atoms with Crippen LogP contribution >= 0.6 is 0 Å². The molecule has 0 spiro atoms. The number of hydrogen-bond acceptors (Lipinski definition) is 2. The van der Waals surface area contributed by atoms with E-state index in [1.807, 2.05) is 36.4 Å². The molecule has 0 amide bonds. The largest absolute Gasteiger partial charge is 0.393 e. The number of para-hydroxylation sites is 1. The average Bonchev–Trinajstić information content (AvgIpc) is 2.54. The van der Waals surface area contributed by atoms with Crippen molar-refractivity contribution in [1.82, 2.24) is 0 Å². The Labute approximate surface area is 127 Å². The van der Waals surface area contributed by atoms with Gasteiger partial charge in [0.1, 0.15) is 0 Å². The zero-order valence-electron chi connectivity index (χ0n) is 12.7. The van der Waals surface area contributed by atoms with E-state index in [1.165, 1.54) is 5.56 Å². The molecule has 2 N–H and O–H groups in total. The second-order valence-electron chi connectivity index (χ2n) is 5.51. The van der Waals surface area contributed by atoms with Gasteiger partial charge < -0.3 is 10.4 Å². The maximum Gasteiger partial charge on any atom is 0.0563 e. The maximum atomic E-state index is 10.3. The van der Waals surface area contributed by atoms with Crippen LogP contribution in [0, 0.1) is 0 Å². The number of hydrogen-bond donors (Lipinski definition) is 2. The summed E-state index contributed by atoms with van der Waals surface area (Å²) in [5, 5.41) is 13.8. The number of anilines is 1. The summed E-state index contributed by atoms with van der Waals surface area (Å²) in [7, 11) is 0. The third kappa shape index (κ3) is 5.24. The van der Waals surface area contributed by atoms with Crippen LogP contribution in [-0.2, 0) is 0 Å². The van der Waals surface area contributed by atoms with Crippen LogP contribution in [0.1, 0.15) is 44.2 Å². The number of rotatable bonds is 8. The van der Waals surface area contributed by atoms with Gasteiger partial charge in [0.15, 0.2) is 0 Å². The van der Waals surface area contributed by atoms with E-state index in [0.717, 1.165) is 31.4 Å². The van der Waals surface area contributed by atoms with Crippen molar-refractivity contribution < 1.29 is 5.11 Å². The first kappa shape index (κ1) is 15.6. The zero-order valence-corrected chi connectivity index (χ0v) is 12.7. The van der Waals surface area contributed by atoms with E-state index in [9.17, 15) is 5.11 Å². The Morgan fingerprint density at radius 3 is 2.19 bits per heavy atom. The second kappa shape index (κ2) is 8.48. The molecule has 2 aromatic rings. The van der Waals surface area contributed by atoms with Crippen molar-refractivity contribution in [3.8, 4) is 0 Å². The van der Waals surface area contributed by atoms with Gasteiger partial charge in [-0.2, -0.15) is 0 Å². The summed E-state index contributed by atoms with van der Waals surface area (Å²) in [4.78, 5) is 0. The highest BCUT2D eigenvalue weighted by molar-refractivity contribution is 5.45. The van der Waals surface area contributed by atoms with Crippen molar-refractivity contribution in [3.05, 3.63) is 66.2 Å². The summed E-state index contributed by atoms with van der Waals surface area (Å²) in [5.41, 5.74) is 2.31. The molecule has 0 fully saturated rings. The smallest absolute Gasteiger partial charge is 0.0563 e. The molecule has 0 bridgehead atoms. The second-order valence-corrected chi connectivity index (χ2v) is 5.51. The van der Waals surface area contributed by atoms with Gasteiger partial charge in [0, 0.05) is 5.69 Å². The van der Waals surface area contributed by atoms with Gasteiger partial charge in [-0.15, -0.1) is 0 Å². The standard InChI is InChI=1S/C19H25NO/c1-2-3-14-18(21)15-19(16-10-6-4-7-11-16)20-17-12-8-5-9-13-17/h4-13,18-21H,2-3,14-15H2,1H3. The van der Waals surface area contributed by atoms with E-state index in [2.05, 4.69) is 36.5 Å². The molecule has 0 saturated carbocycles. The van der Waals surface area contributed by atoms with Gasteiger partial charge in [-0.25, -0.2) is 0 Å². The number of benzene rings is 2. The fourth-order valence-corrected chi connectivity index (χ4v) is 2.53. The molecule has 21 heavy (non-hydrogen) atoms. The minimum absolute atomic E-state index is 0.139. The summed E-state index contributed by atoms with van der Waals surface area (Å²) in [6.07, 6.45) is 3.55. The monoisotopic (exact) mass is 283 g/mol. The summed E-state index contributed by atoms with van der Waals surface area (Å²) in [5.74, 6) is 0. The van der Waals surface area contributed by atoms with E-state index >= 15 is 0 Å². The predicted octanol–water partition coefficient (Wildman–Crippen LogP) is 4.78. The van der Waals surface area contributed by atoms with Crippen LogP contribution in [-0.4, -0.2) is 11.2 Å². The van der Waals surface area contributed by atoms with E-state index in [4.69, 9.17) is 0 Å². The summed E-state index contributed by atoms with van der Waals surface area (Å²) >= 11 is 0.